The number of fused-ring (bicyclic) bond motifs is 3. The zero-order chi connectivity index (χ0) is 23.9. The molecule has 0 saturated carbocycles. The molecular weight excluding hydrogens is 546 g/mol. The second-order valence-electron chi connectivity index (χ2n) is 12.4. The first-order valence-electron chi connectivity index (χ1n) is 12.1. The van der Waals surface area contributed by atoms with Gasteiger partial charge in [0.2, 0.25) is 0 Å². The minimum atomic E-state index is 0. The van der Waals surface area contributed by atoms with Gasteiger partial charge in [-0.15, -0.1) is 5.56 Å². The van der Waals surface area contributed by atoms with Gasteiger partial charge in [0.1, 0.15) is 0 Å². The van der Waals surface area contributed by atoms with Gasteiger partial charge in [-0.1, -0.05) is 116 Å². The van der Waals surface area contributed by atoms with E-state index < -0.39 is 0 Å². The van der Waals surface area contributed by atoms with Crippen molar-refractivity contribution in [3.05, 3.63) is 88.0 Å². The van der Waals surface area contributed by atoms with Gasteiger partial charge in [0.05, 0.1) is 0 Å². The van der Waals surface area contributed by atoms with Crippen molar-refractivity contribution in [2.24, 2.45) is 0 Å². The molecule has 0 bridgehead atoms. The first-order valence-corrected chi connectivity index (χ1v) is 12.1. The molecule has 3 aromatic rings. The van der Waals surface area contributed by atoms with Crippen molar-refractivity contribution in [3.63, 3.8) is 0 Å². The maximum absolute atomic E-state index is 3.53. The zero-order valence-corrected chi connectivity index (χ0v) is 27.3. The van der Waals surface area contributed by atoms with Crippen molar-refractivity contribution >= 4 is 0 Å². The van der Waals surface area contributed by atoms with Gasteiger partial charge >= 0.3 is 26.2 Å². The van der Waals surface area contributed by atoms with Gasteiger partial charge in [0, 0.05) is 0 Å². The summed E-state index contributed by atoms with van der Waals surface area (Å²) in [6.45, 7) is 22.6. The van der Waals surface area contributed by atoms with Crippen LogP contribution < -0.4 is 24.8 Å². The van der Waals surface area contributed by atoms with Crippen molar-refractivity contribution in [3.8, 4) is 11.1 Å². The summed E-state index contributed by atoms with van der Waals surface area (Å²) >= 11 is 0. The van der Waals surface area contributed by atoms with E-state index in [1.165, 1.54) is 44.5 Å². The standard InChI is InChI=1S/C21H25.C11H17.2ClH.Zr/c1-20(2,3)16-9-7-14-11-15-8-10-17(21(4,5)6)13-19(15)18(14)12-16;1-5-9-6-7-10(8-9)11(2,3)4;;;/h7,9-10,12-13H,11H2,1-6H3;6-8H,5H2,1-4H3;2*1H;/q2*-1;;;+4/p-2. The Morgan fingerprint density at radius 1 is 0.743 bits per heavy atom. The molecule has 0 nitrogen and oxygen atoms in total. The van der Waals surface area contributed by atoms with E-state index in [0.717, 1.165) is 12.8 Å². The fourth-order valence-electron chi connectivity index (χ4n) is 4.16. The molecule has 0 saturated heterocycles. The third-order valence-electron chi connectivity index (χ3n) is 6.62. The van der Waals surface area contributed by atoms with Crippen LogP contribution in [0.25, 0.3) is 11.1 Å². The van der Waals surface area contributed by atoms with E-state index in [1.807, 2.05) is 0 Å². The van der Waals surface area contributed by atoms with Crippen LogP contribution in [-0.2, 0) is 55.3 Å². The van der Waals surface area contributed by atoms with Crippen LogP contribution in [0.1, 0.15) is 103 Å². The van der Waals surface area contributed by atoms with E-state index in [4.69, 9.17) is 0 Å². The van der Waals surface area contributed by atoms with Crippen molar-refractivity contribution in [2.45, 2.75) is 98.3 Å². The van der Waals surface area contributed by atoms with Crippen LogP contribution in [-0.4, -0.2) is 0 Å². The van der Waals surface area contributed by atoms with Crippen LogP contribution in [0.4, 0.5) is 0 Å². The molecule has 0 aliphatic heterocycles. The zero-order valence-electron chi connectivity index (χ0n) is 23.3. The number of halogens is 2. The van der Waals surface area contributed by atoms with Gasteiger partial charge in [-0.05, 0) is 17.4 Å². The molecule has 0 amide bonds. The molecule has 0 N–H and O–H groups in total. The summed E-state index contributed by atoms with van der Waals surface area (Å²) in [6, 6.07) is 21.8. The van der Waals surface area contributed by atoms with Crippen LogP contribution in [0, 0.1) is 6.07 Å². The van der Waals surface area contributed by atoms with Gasteiger partial charge in [-0.2, -0.15) is 52.6 Å². The predicted octanol–water partition coefficient (Wildman–Crippen LogP) is 2.92. The molecule has 0 heterocycles. The Hall–Kier alpha value is -0.747. The topological polar surface area (TPSA) is 0 Å². The summed E-state index contributed by atoms with van der Waals surface area (Å²) in [5, 5.41) is 0. The molecule has 4 rings (SSSR count). The summed E-state index contributed by atoms with van der Waals surface area (Å²) in [5.41, 5.74) is 12.0. The molecular formula is C32H42Cl2Zr. The molecule has 0 fully saturated rings. The van der Waals surface area contributed by atoms with Crippen molar-refractivity contribution in [1.82, 2.24) is 0 Å². The fraction of sp³-hybridized carbons (Fsp3) is 0.469. The first-order chi connectivity index (χ1) is 14.7. The third-order valence-corrected chi connectivity index (χ3v) is 6.62. The van der Waals surface area contributed by atoms with Gasteiger partial charge in [-0.3, -0.25) is 0 Å². The maximum atomic E-state index is 3.53. The molecule has 0 unspecified atom stereocenters. The quantitative estimate of drug-likeness (QED) is 0.300. The van der Waals surface area contributed by atoms with Gasteiger partial charge in [0.25, 0.3) is 0 Å². The van der Waals surface area contributed by atoms with Gasteiger partial charge in [-0.25, -0.2) is 6.07 Å². The van der Waals surface area contributed by atoms with Crippen LogP contribution in [0.5, 0.6) is 0 Å². The summed E-state index contributed by atoms with van der Waals surface area (Å²) < 4.78 is 0. The van der Waals surface area contributed by atoms with E-state index >= 15 is 0 Å². The first kappa shape index (κ1) is 34.3. The monoisotopic (exact) mass is 586 g/mol. The van der Waals surface area contributed by atoms with Crippen LogP contribution >= 0.6 is 0 Å². The molecule has 0 spiro atoms. The third kappa shape index (κ3) is 8.38. The van der Waals surface area contributed by atoms with E-state index in [2.05, 4.69) is 124 Å². The Balaban J connectivity index is 0.000000714. The molecule has 0 atom stereocenters. The molecule has 1 aliphatic rings. The second kappa shape index (κ2) is 12.7. The van der Waals surface area contributed by atoms with Crippen molar-refractivity contribution < 1.29 is 51.0 Å². The molecule has 3 heteroatoms. The van der Waals surface area contributed by atoms with E-state index in [0.29, 0.717) is 5.41 Å². The second-order valence-corrected chi connectivity index (χ2v) is 12.4. The molecule has 35 heavy (non-hydrogen) atoms. The van der Waals surface area contributed by atoms with Crippen LogP contribution in [0.15, 0.2) is 48.5 Å². The smallest absolute Gasteiger partial charge is 1.00 e. The van der Waals surface area contributed by atoms with Gasteiger partial charge < -0.3 is 24.8 Å². The van der Waals surface area contributed by atoms with E-state index in [-0.39, 0.29) is 61.8 Å². The van der Waals surface area contributed by atoms with Crippen molar-refractivity contribution in [1.29, 1.82) is 0 Å². The molecule has 0 radical (unpaired) electrons. The summed E-state index contributed by atoms with van der Waals surface area (Å²) in [4.78, 5) is 0. The Bertz CT molecular complexity index is 1020. The maximum Gasteiger partial charge on any atom is 4.00 e. The average Bonchev–Trinajstić information content (AvgIpc) is 3.30. The summed E-state index contributed by atoms with van der Waals surface area (Å²) in [5.74, 6) is 0. The SMILES string of the molecule is CC(C)(C)c1c[c-]c2c(c1)-c1cc(C(C)(C)C)ccc1C2.CCc1cc(C(C)(C)C)c[cH-]1.[Cl-].[Cl-].[Zr+4]. The predicted molar refractivity (Wildman–Crippen MR) is 141 cm³/mol. The Morgan fingerprint density at radius 3 is 1.74 bits per heavy atom. The Morgan fingerprint density at radius 2 is 1.29 bits per heavy atom. The van der Waals surface area contributed by atoms with Crippen LogP contribution in [0.3, 0.4) is 0 Å². The summed E-state index contributed by atoms with van der Waals surface area (Å²) in [6.07, 6.45) is 2.18. The largest absolute Gasteiger partial charge is 4.00 e. The number of hydrogen-bond donors (Lipinski definition) is 0. The number of hydrogen-bond acceptors (Lipinski definition) is 0. The normalized spacial score (nSPS) is 12.2. The van der Waals surface area contributed by atoms with Crippen LogP contribution in [0.2, 0.25) is 0 Å². The molecule has 188 valence electrons. The summed E-state index contributed by atoms with van der Waals surface area (Å²) in [7, 11) is 0. The molecule has 1 aliphatic carbocycles. The Kier molecular flexibility index (Phi) is 12.4. The molecule has 3 aromatic carbocycles. The van der Waals surface area contributed by atoms with E-state index in [9.17, 15) is 0 Å². The van der Waals surface area contributed by atoms with E-state index in [1.54, 1.807) is 0 Å². The Labute approximate surface area is 247 Å². The van der Waals surface area contributed by atoms with Crippen molar-refractivity contribution in [2.75, 3.05) is 0 Å². The number of benzene rings is 2. The minimum Gasteiger partial charge on any atom is -1.00 e. The number of aryl methyl sites for hydroxylation is 1. The van der Waals surface area contributed by atoms with Gasteiger partial charge in [0.15, 0.2) is 0 Å². The minimum absolute atomic E-state index is 0. The fourth-order valence-corrected chi connectivity index (χ4v) is 4.16. The molecule has 0 aromatic heterocycles. The average molecular weight is 589 g/mol. The number of rotatable bonds is 1.